The van der Waals surface area contributed by atoms with Crippen LogP contribution >= 0.6 is 0 Å². The fourth-order valence-corrected chi connectivity index (χ4v) is 1.20. The minimum absolute atomic E-state index is 0.445. The molecule has 0 saturated heterocycles. The fourth-order valence-electron chi connectivity index (χ4n) is 1.20. The second kappa shape index (κ2) is 3.92. The number of methoxy groups -OCH3 is 1. The summed E-state index contributed by atoms with van der Waals surface area (Å²) in [6, 6.07) is 5.84. The van der Waals surface area contributed by atoms with Crippen LogP contribution in [0.2, 0.25) is 0 Å². The quantitative estimate of drug-likeness (QED) is 0.696. The molecule has 0 unspecified atom stereocenters. The number of nitriles is 1. The highest BCUT2D eigenvalue weighted by atomic mass is 16.5. The van der Waals surface area contributed by atoms with E-state index in [4.69, 9.17) is 15.7 Å². The molecule has 3 heteroatoms. The Balaban J connectivity index is 3.21. The van der Waals surface area contributed by atoms with E-state index < -0.39 is 0 Å². The number of hydrogen-bond acceptors (Lipinski definition) is 3. The summed E-state index contributed by atoms with van der Waals surface area (Å²) in [4.78, 5) is 0. The summed E-state index contributed by atoms with van der Waals surface area (Å²) in [5.41, 5.74) is 8.63. The van der Waals surface area contributed by atoms with Crippen molar-refractivity contribution in [3.63, 3.8) is 0 Å². The van der Waals surface area contributed by atoms with Gasteiger partial charge < -0.3 is 10.5 Å². The van der Waals surface area contributed by atoms with Crippen molar-refractivity contribution < 1.29 is 4.74 Å². The van der Waals surface area contributed by atoms with Crippen molar-refractivity contribution in [2.45, 2.75) is 13.5 Å². The van der Waals surface area contributed by atoms with E-state index in [0.717, 1.165) is 11.1 Å². The molecule has 1 rings (SSSR count). The van der Waals surface area contributed by atoms with Crippen molar-refractivity contribution in [2.75, 3.05) is 12.8 Å². The Hall–Kier alpha value is -1.53. The molecule has 0 spiro atoms. The monoisotopic (exact) mass is 176 g/mol. The van der Waals surface area contributed by atoms with Gasteiger partial charge in [-0.2, -0.15) is 5.26 Å². The smallest absolute Gasteiger partial charge is 0.102 e. The van der Waals surface area contributed by atoms with Crippen LogP contribution in [-0.4, -0.2) is 7.11 Å². The minimum Gasteiger partial charge on any atom is -0.397 e. The Morgan fingerprint density at radius 2 is 2.23 bits per heavy atom. The third kappa shape index (κ3) is 1.79. The molecule has 0 saturated carbocycles. The van der Waals surface area contributed by atoms with Crippen molar-refractivity contribution in [2.24, 2.45) is 0 Å². The van der Waals surface area contributed by atoms with Crippen LogP contribution in [0.5, 0.6) is 0 Å². The second-order valence-corrected chi connectivity index (χ2v) is 2.88. The predicted octanol–water partition coefficient (Wildman–Crippen LogP) is 1.60. The van der Waals surface area contributed by atoms with Gasteiger partial charge in [-0.25, -0.2) is 0 Å². The standard InChI is InChI=1S/C10H12N2O/c1-7-3-4-8(6-13-2)10(12)9(7)5-11/h3-4H,6,12H2,1-2H3. The topological polar surface area (TPSA) is 59.0 Å². The average molecular weight is 176 g/mol. The molecule has 0 radical (unpaired) electrons. The number of benzene rings is 1. The molecule has 3 nitrogen and oxygen atoms in total. The molecular formula is C10H12N2O. The van der Waals surface area contributed by atoms with Gasteiger partial charge in [0.25, 0.3) is 0 Å². The minimum atomic E-state index is 0.445. The van der Waals surface area contributed by atoms with Gasteiger partial charge in [0.2, 0.25) is 0 Å². The molecule has 68 valence electrons. The Bertz CT molecular complexity index is 353. The molecule has 0 aromatic heterocycles. The van der Waals surface area contributed by atoms with Crippen molar-refractivity contribution in [1.82, 2.24) is 0 Å². The molecule has 0 amide bonds. The third-order valence-electron chi connectivity index (χ3n) is 1.96. The molecular weight excluding hydrogens is 164 g/mol. The first kappa shape index (κ1) is 9.56. The molecule has 2 N–H and O–H groups in total. The van der Waals surface area contributed by atoms with Crippen LogP contribution in [-0.2, 0) is 11.3 Å². The van der Waals surface area contributed by atoms with E-state index in [-0.39, 0.29) is 0 Å². The molecule has 0 fully saturated rings. The SMILES string of the molecule is COCc1ccc(C)c(C#N)c1N. The van der Waals surface area contributed by atoms with Crippen LogP contribution in [0.15, 0.2) is 12.1 Å². The van der Waals surface area contributed by atoms with E-state index in [1.807, 2.05) is 19.1 Å². The van der Waals surface area contributed by atoms with Crippen LogP contribution in [0.1, 0.15) is 16.7 Å². The van der Waals surface area contributed by atoms with Crippen molar-refractivity contribution >= 4 is 5.69 Å². The van der Waals surface area contributed by atoms with Gasteiger partial charge in [-0.15, -0.1) is 0 Å². The lowest BCUT2D eigenvalue weighted by Crippen LogP contribution is -2.00. The van der Waals surface area contributed by atoms with E-state index >= 15 is 0 Å². The van der Waals surface area contributed by atoms with Crippen LogP contribution in [0, 0.1) is 18.3 Å². The van der Waals surface area contributed by atoms with E-state index in [1.54, 1.807) is 7.11 Å². The zero-order valence-corrected chi connectivity index (χ0v) is 7.79. The third-order valence-corrected chi connectivity index (χ3v) is 1.96. The zero-order chi connectivity index (χ0) is 9.84. The first-order valence-electron chi connectivity index (χ1n) is 3.97. The summed E-state index contributed by atoms with van der Waals surface area (Å²) in [7, 11) is 1.60. The van der Waals surface area contributed by atoms with E-state index in [0.29, 0.717) is 17.9 Å². The first-order valence-corrected chi connectivity index (χ1v) is 3.97. The Labute approximate surface area is 77.7 Å². The van der Waals surface area contributed by atoms with E-state index in [1.165, 1.54) is 0 Å². The number of nitrogens with two attached hydrogens (primary N) is 1. The maximum Gasteiger partial charge on any atom is 0.102 e. The molecule has 1 aromatic rings. The van der Waals surface area contributed by atoms with Crippen LogP contribution in [0.25, 0.3) is 0 Å². The van der Waals surface area contributed by atoms with Gasteiger partial charge in [-0.3, -0.25) is 0 Å². The molecule has 0 aliphatic carbocycles. The van der Waals surface area contributed by atoms with Gasteiger partial charge in [0.1, 0.15) is 6.07 Å². The van der Waals surface area contributed by atoms with Gasteiger partial charge in [-0.05, 0) is 12.5 Å². The zero-order valence-electron chi connectivity index (χ0n) is 7.79. The van der Waals surface area contributed by atoms with Crippen LogP contribution in [0.3, 0.4) is 0 Å². The lowest BCUT2D eigenvalue weighted by molar-refractivity contribution is 0.185. The summed E-state index contributed by atoms with van der Waals surface area (Å²) in [5, 5.41) is 8.82. The average Bonchev–Trinajstić information content (AvgIpc) is 2.11. The summed E-state index contributed by atoms with van der Waals surface area (Å²) >= 11 is 0. The second-order valence-electron chi connectivity index (χ2n) is 2.88. The Morgan fingerprint density at radius 3 is 2.77 bits per heavy atom. The van der Waals surface area contributed by atoms with Crippen molar-refractivity contribution in [3.05, 3.63) is 28.8 Å². The van der Waals surface area contributed by atoms with Gasteiger partial charge in [-0.1, -0.05) is 12.1 Å². The van der Waals surface area contributed by atoms with Gasteiger partial charge in [0.15, 0.2) is 0 Å². The van der Waals surface area contributed by atoms with Gasteiger partial charge in [0, 0.05) is 12.7 Å². The number of hydrogen-bond donors (Lipinski definition) is 1. The normalized spacial score (nSPS) is 9.62. The number of ether oxygens (including phenoxy) is 1. The molecule has 1 aromatic carbocycles. The number of nitrogen functional groups attached to an aromatic ring is 1. The molecule has 0 atom stereocenters. The molecule has 0 aliphatic rings. The number of aryl methyl sites for hydroxylation is 1. The van der Waals surface area contributed by atoms with Crippen LogP contribution < -0.4 is 5.73 Å². The molecule has 0 heterocycles. The fraction of sp³-hybridized carbons (Fsp3) is 0.300. The van der Waals surface area contributed by atoms with Crippen molar-refractivity contribution in [1.29, 1.82) is 5.26 Å². The number of rotatable bonds is 2. The van der Waals surface area contributed by atoms with Crippen LogP contribution in [0.4, 0.5) is 5.69 Å². The molecule has 13 heavy (non-hydrogen) atoms. The largest absolute Gasteiger partial charge is 0.397 e. The van der Waals surface area contributed by atoms with E-state index in [2.05, 4.69) is 6.07 Å². The highest BCUT2D eigenvalue weighted by Gasteiger charge is 2.06. The highest BCUT2D eigenvalue weighted by molar-refractivity contribution is 5.62. The Morgan fingerprint density at radius 1 is 1.54 bits per heavy atom. The first-order chi connectivity index (χ1) is 6.20. The highest BCUT2D eigenvalue weighted by Crippen LogP contribution is 2.20. The summed E-state index contributed by atoms with van der Waals surface area (Å²) in [6.07, 6.45) is 0. The van der Waals surface area contributed by atoms with Gasteiger partial charge in [0.05, 0.1) is 17.9 Å². The lowest BCUT2D eigenvalue weighted by atomic mass is 10.0. The summed E-state index contributed by atoms with van der Waals surface area (Å²) in [5.74, 6) is 0. The van der Waals surface area contributed by atoms with E-state index in [9.17, 15) is 0 Å². The number of nitrogens with zero attached hydrogens (tertiary/aromatic N) is 1. The lowest BCUT2D eigenvalue weighted by Gasteiger charge is -2.07. The summed E-state index contributed by atoms with van der Waals surface area (Å²) < 4.78 is 4.96. The maximum absolute atomic E-state index is 8.82. The Kier molecular flexibility index (Phi) is 2.88. The number of anilines is 1. The molecule has 0 bridgehead atoms. The summed E-state index contributed by atoms with van der Waals surface area (Å²) in [6.45, 7) is 2.31. The van der Waals surface area contributed by atoms with Gasteiger partial charge >= 0.3 is 0 Å². The van der Waals surface area contributed by atoms with Crippen molar-refractivity contribution in [3.8, 4) is 6.07 Å². The maximum atomic E-state index is 8.82. The molecule has 0 aliphatic heterocycles. The predicted molar refractivity (Wildman–Crippen MR) is 51.0 cm³/mol.